The SMILES string of the molecule is O=C(O)c1cccc(NC2CCCCCC2)n1. The number of hydrogen-bond acceptors (Lipinski definition) is 3. The fourth-order valence-electron chi connectivity index (χ4n) is 2.27. The van der Waals surface area contributed by atoms with Crippen LogP contribution in [-0.2, 0) is 0 Å². The summed E-state index contributed by atoms with van der Waals surface area (Å²) in [6, 6.07) is 5.52. The van der Waals surface area contributed by atoms with Gasteiger partial charge in [-0.25, -0.2) is 9.78 Å². The Morgan fingerprint density at radius 2 is 1.94 bits per heavy atom. The predicted molar refractivity (Wildman–Crippen MR) is 66.3 cm³/mol. The molecule has 2 N–H and O–H groups in total. The van der Waals surface area contributed by atoms with E-state index in [4.69, 9.17) is 5.11 Å². The minimum Gasteiger partial charge on any atom is -0.477 e. The molecule has 0 unspecified atom stereocenters. The van der Waals surface area contributed by atoms with E-state index in [0.717, 1.165) is 12.8 Å². The summed E-state index contributed by atoms with van der Waals surface area (Å²) < 4.78 is 0. The van der Waals surface area contributed by atoms with Gasteiger partial charge in [-0.1, -0.05) is 31.7 Å². The lowest BCUT2D eigenvalue weighted by molar-refractivity contribution is 0.0690. The van der Waals surface area contributed by atoms with Gasteiger partial charge in [0.2, 0.25) is 0 Å². The van der Waals surface area contributed by atoms with E-state index in [1.807, 2.05) is 6.07 Å². The van der Waals surface area contributed by atoms with Crippen molar-refractivity contribution in [1.82, 2.24) is 4.98 Å². The van der Waals surface area contributed by atoms with Crippen LogP contribution in [-0.4, -0.2) is 22.1 Å². The number of pyridine rings is 1. The van der Waals surface area contributed by atoms with Gasteiger partial charge in [-0.3, -0.25) is 0 Å². The number of rotatable bonds is 3. The molecule has 2 rings (SSSR count). The van der Waals surface area contributed by atoms with Crippen LogP contribution in [0.25, 0.3) is 0 Å². The second-order valence-corrected chi connectivity index (χ2v) is 4.55. The first-order valence-corrected chi connectivity index (χ1v) is 6.22. The average Bonchev–Trinajstić information content (AvgIpc) is 2.58. The Morgan fingerprint density at radius 1 is 1.24 bits per heavy atom. The van der Waals surface area contributed by atoms with Gasteiger partial charge in [-0.15, -0.1) is 0 Å². The van der Waals surface area contributed by atoms with E-state index >= 15 is 0 Å². The van der Waals surface area contributed by atoms with E-state index in [1.165, 1.54) is 31.7 Å². The van der Waals surface area contributed by atoms with Crippen LogP contribution in [0.15, 0.2) is 18.2 Å². The van der Waals surface area contributed by atoms with Gasteiger partial charge in [0.25, 0.3) is 0 Å². The first-order chi connectivity index (χ1) is 8.25. The van der Waals surface area contributed by atoms with E-state index in [0.29, 0.717) is 11.9 Å². The Morgan fingerprint density at radius 3 is 2.59 bits per heavy atom. The molecular weight excluding hydrogens is 216 g/mol. The van der Waals surface area contributed by atoms with Gasteiger partial charge in [-0.05, 0) is 25.0 Å². The van der Waals surface area contributed by atoms with E-state index in [-0.39, 0.29) is 5.69 Å². The molecule has 0 aromatic carbocycles. The van der Waals surface area contributed by atoms with Crippen LogP contribution < -0.4 is 5.32 Å². The normalized spacial score (nSPS) is 17.4. The summed E-state index contributed by atoms with van der Waals surface area (Å²) >= 11 is 0. The Bertz CT molecular complexity index is 385. The number of carboxylic acid groups (broad SMARTS) is 1. The van der Waals surface area contributed by atoms with Crippen molar-refractivity contribution in [2.75, 3.05) is 5.32 Å². The second-order valence-electron chi connectivity index (χ2n) is 4.55. The molecule has 1 fully saturated rings. The van der Waals surface area contributed by atoms with Crippen molar-refractivity contribution in [2.24, 2.45) is 0 Å². The number of nitrogens with one attached hydrogen (secondary N) is 1. The predicted octanol–water partition coefficient (Wildman–Crippen LogP) is 2.91. The lowest BCUT2D eigenvalue weighted by Gasteiger charge is -2.16. The summed E-state index contributed by atoms with van der Waals surface area (Å²) in [6.45, 7) is 0. The van der Waals surface area contributed by atoms with Gasteiger partial charge in [0.05, 0.1) is 0 Å². The molecule has 4 nitrogen and oxygen atoms in total. The standard InChI is InChI=1S/C13H18N2O2/c16-13(17)11-8-5-9-12(15-11)14-10-6-3-1-2-4-7-10/h5,8-10H,1-4,6-7H2,(H,14,15)(H,16,17). The van der Waals surface area contributed by atoms with E-state index in [9.17, 15) is 4.79 Å². The molecule has 0 atom stereocenters. The minimum absolute atomic E-state index is 0.101. The highest BCUT2D eigenvalue weighted by molar-refractivity contribution is 5.85. The van der Waals surface area contributed by atoms with Gasteiger partial charge in [0.15, 0.2) is 5.69 Å². The molecule has 0 amide bonds. The van der Waals surface area contributed by atoms with Crippen molar-refractivity contribution in [3.63, 3.8) is 0 Å². The Kier molecular flexibility index (Phi) is 3.96. The largest absolute Gasteiger partial charge is 0.477 e. The smallest absolute Gasteiger partial charge is 0.354 e. The monoisotopic (exact) mass is 234 g/mol. The molecule has 0 bridgehead atoms. The molecule has 92 valence electrons. The average molecular weight is 234 g/mol. The molecule has 4 heteroatoms. The molecule has 17 heavy (non-hydrogen) atoms. The molecule has 1 aliphatic carbocycles. The van der Waals surface area contributed by atoms with Crippen LogP contribution >= 0.6 is 0 Å². The van der Waals surface area contributed by atoms with Gasteiger partial charge in [0, 0.05) is 6.04 Å². The van der Waals surface area contributed by atoms with E-state index < -0.39 is 5.97 Å². The zero-order valence-corrected chi connectivity index (χ0v) is 9.85. The van der Waals surface area contributed by atoms with Crippen molar-refractivity contribution in [2.45, 2.75) is 44.6 Å². The molecule has 1 saturated carbocycles. The quantitative estimate of drug-likeness (QED) is 0.789. The van der Waals surface area contributed by atoms with Crippen LogP contribution in [0.1, 0.15) is 49.0 Å². The highest BCUT2D eigenvalue weighted by Crippen LogP contribution is 2.20. The first-order valence-electron chi connectivity index (χ1n) is 6.22. The highest BCUT2D eigenvalue weighted by atomic mass is 16.4. The zero-order chi connectivity index (χ0) is 12.1. The van der Waals surface area contributed by atoms with Gasteiger partial charge < -0.3 is 10.4 Å². The van der Waals surface area contributed by atoms with Gasteiger partial charge in [-0.2, -0.15) is 0 Å². The highest BCUT2D eigenvalue weighted by Gasteiger charge is 2.13. The third-order valence-electron chi connectivity index (χ3n) is 3.18. The van der Waals surface area contributed by atoms with E-state index in [2.05, 4.69) is 10.3 Å². The molecule has 1 aliphatic rings. The molecular formula is C13H18N2O2. The maximum atomic E-state index is 10.8. The number of anilines is 1. The van der Waals surface area contributed by atoms with Crippen molar-refractivity contribution in [3.8, 4) is 0 Å². The van der Waals surface area contributed by atoms with Crippen molar-refractivity contribution >= 4 is 11.8 Å². The fourth-order valence-corrected chi connectivity index (χ4v) is 2.27. The maximum Gasteiger partial charge on any atom is 0.354 e. The summed E-state index contributed by atoms with van der Waals surface area (Å²) in [5.74, 6) is -0.300. The number of carboxylic acids is 1. The summed E-state index contributed by atoms with van der Waals surface area (Å²) in [5, 5.41) is 12.2. The Labute approximate surface area is 101 Å². The third kappa shape index (κ3) is 3.44. The van der Waals surface area contributed by atoms with E-state index in [1.54, 1.807) is 6.07 Å². The van der Waals surface area contributed by atoms with Crippen LogP contribution in [0.3, 0.4) is 0 Å². The van der Waals surface area contributed by atoms with Crippen molar-refractivity contribution in [1.29, 1.82) is 0 Å². The Balaban J connectivity index is 2.01. The third-order valence-corrected chi connectivity index (χ3v) is 3.18. The first kappa shape index (κ1) is 11.9. The summed E-state index contributed by atoms with van der Waals surface area (Å²) in [7, 11) is 0. The lowest BCUT2D eigenvalue weighted by atomic mass is 10.1. The number of aromatic nitrogens is 1. The molecule has 0 saturated heterocycles. The molecule has 0 spiro atoms. The molecule has 1 heterocycles. The maximum absolute atomic E-state index is 10.8. The van der Waals surface area contributed by atoms with Crippen molar-refractivity contribution < 1.29 is 9.90 Å². The van der Waals surface area contributed by atoms with Crippen LogP contribution in [0.4, 0.5) is 5.82 Å². The number of carbonyl (C=O) groups is 1. The number of aromatic carboxylic acids is 1. The summed E-state index contributed by atoms with van der Waals surface area (Å²) in [4.78, 5) is 14.9. The van der Waals surface area contributed by atoms with Gasteiger partial charge in [0.1, 0.15) is 5.82 Å². The second kappa shape index (κ2) is 5.66. The Hall–Kier alpha value is -1.58. The molecule has 1 aromatic rings. The molecule has 0 aliphatic heterocycles. The number of nitrogens with zero attached hydrogens (tertiary/aromatic N) is 1. The lowest BCUT2D eigenvalue weighted by Crippen LogP contribution is -2.19. The summed E-state index contributed by atoms with van der Waals surface area (Å²) in [6.07, 6.45) is 7.41. The molecule has 0 radical (unpaired) electrons. The van der Waals surface area contributed by atoms with Crippen molar-refractivity contribution in [3.05, 3.63) is 23.9 Å². The van der Waals surface area contributed by atoms with Crippen LogP contribution in [0.5, 0.6) is 0 Å². The minimum atomic E-state index is -0.977. The summed E-state index contributed by atoms with van der Waals surface area (Å²) in [5.41, 5.74) is 0.101. The van der Waals surface area contributed by atoms with Crippen LogP contribution in [0.2, 0.25) is 0 Å². The van der Waals surface area contributed by atoms with Gasteiger partial charge >= 0.3 is 5.97 Å². The topological polar surface area (TPSA) is 62.2 Å². The number of hydrogen-bond donors (Lipinski definition) is 2. The molecule has 1 aromatic heterocycles. The van der Waals surface area contributed by atoms with Crippen LogP contribution in [0, 0.1) is 0 Å². The zero-order valence-electron chi connectivity index (χ0n) is 9.85. The fraction of sp³-hybridized carbons (Fsp3) is 0.538.